The van der Waals surface area contributed by atoms with Crippen molar-refractivity contribution in [3.8, 4) is 6.07 Å². The molecule has 1 fully saturated rings. The number of hydrogen-bond acceptors (Lipinski definition) is 9. The zero-order valence-corrected chi connectivity index (χ0v) is 24.3. The lowest BCUT2D eigenvalue weighted by Crippen LogP contribution is -2.39. The van der Waals surface area contributed by atoms with E-state index in [1.54, 1.807) is 33.1 Å². The molecule has 214 valence electrons. The van der Waals surface area contributed by atoms with Crippen LogP contribution < -0.4 is 14.9 Å². The summed E-state index contributed by atoms with van der Waals surface area (Å²) < 4.78 is 45.1. The first kappa shape index (κ1) is 29.6. The van der Waals surface area contributed by atoms with E-state index in [0.717, 1.165) is 55.2 Å². The van der Waals surface area contributed by atoms with Crippen LogP contribution in [0.1, 0.15) is 48.3 Å². The highest BCUT2D eigenvalue weighted by Gasteiger charge is 2.27. The van der Waals surface area contributed by atoms with Crippen LogP contribution in [0.5, 0.6) is 0 Å². The summed E-state index contributed by atoms with van der Waals surface area (Å²) in [7, 11) is -2.23. The van der Waals surface area contributed by atoms with E-state index in [4.69, 9.17) is 14.0 Å². The Balaban J connectivity index is 1.67. The summed E-state index contributed by atoms with van der Waals surface area (Å²) in [5.41, 5.74) is 4.62. The van der Waals surface area contributed by atoms with Crippen molar-refractivity contribution in [1.29, 1.82) is 5.26 Å². The Morgan fingerprint density at radius 2 is 1.90 bits per heavy atom. The minimum Gasteiger partial charge on any atom is -0.384 e. The van der Waals surface area contributed by atoms with Gasteiger partial charge in [-0.1, -0.05) is 11.2 Å². The molecular weight excluding hydrogens is 530 g/mol. The molecule has 3 aromatic rings. The second-order valence-corrected chi connectivity index (χ2v) is 11.6. The van der Waals surface area contributed by atoms with Crippen LogP contribution in [0.15, 0.2) is 51.9 Å². The maximum Gasteiger partial charge on any atom is 0.245 e. The zero-order valence-electron chi connectivity index (χ0n) is 23.4. The van der Waals surface area contributed by atoms with Crippen molar-refractivity contribution in [3.05, 3.63) is 65.0 Å². The van der Waals surface area contributed by atoms with E-state index < -0.39 is 10.0 Å². The number of rotatable bonds is 12. The minimum atomic E-state index is -3.83. The Bertz CT molecular complexity index is 1410. The number of benzene rings is 2. The Labute approximate surface area is 236 Å². The molecule has 1 unspecified atom stereocenters. The molecule has 0 radical (unpaired) electrons. The van der Waals surface area contributed by atoms with Gasteiger partial charge in [-0.2, -0.15) is 5.26 Å². The van der Waals surface area contributed by atoms with E-state index in [1.165, 1.54) is 0 Å². The Hall–Kier alpha value is -3.43. The van der Waals surface area contributed by atoms with Crippen molar-refractivity contribution in [2.45, 2.75) is 50.5 Å². The average Bonchev–Trinajstić information content (AvgIpc) is 3.31. The molecule has 1 saturated heterocycles. The molecule has 0 saturated carbocycles. The Kier molecular flexibility index (Phi) is 9.81. The Morgan fingerprint density at radius 1 is 1.18 bits per heavy atom. The molecule has 0 amide bonds. The largest absolute Gasteiger partial charge is 0.384 e. The molecule has 1 aromatic heterocycles. The summed E-state index contributed by atoms with van der Waals surface area (Å²) in [6.07, 6.45) is 1.89. The summed E-state index contributed by atoms with van der Waals surface area (Å²) in [6, 6.07) is 16.0. The van der Waals surface area contributed by atoms with Gasteiger partial charge in [0.15, 0.2) is 5.76 Å². The van der Waals surface area contributed by atoms with E-state index in [-0.39, 0.29) is 23.1 Å². The van der Waals surface area contributed by atoms with Crippen LogP contribution in [0.2, 0.25) is 0 Å². The van der Waals surface area contributed by atoms with Gasteiger partial charge in [0.1, 0.15) is 10.6 Å². The maximum atomic E-state index is 13.1. The average molecular weight is 568 g/mol. The third-order valence-electron chi connectivity index (χ3n) is 7.19. The predicted molar refractivity (Wildman–Crippen MR) is 154 cm³/mol. The van der Waals surface area contributed by atoms with Crippen LogP contribution in [0, 0.1) is 25.2 Å². The molecule has 1 atom stereocenters. The van der Waals surface area contributed by atoms with Crippen LogP contribution in [-0.2, 0) is 19.5 Å². The number of anilines is 3. The number of nitriles is 1. The molecule has 0 bridgehead atoms. The normalized spacial score (nSPS) is 15.0. The van der Waals surface area contributed by atoms with Crippen molar-refractivity contribution in [1.82, 2.24) is 9.88 Å². The first-order valence-corrected chi connectivity index (χ1v) is 14.9. The summed E-state index contributed by atoms with van der Waals surface area (Å²) in [5, 5.41) is 16.5. The number of methoxy groups -OCH3 is 1. The number of aryl methyl sites for hydroxylation is 2. The number of ether oxygens (including phenoxy) is 2. The zero-order chi connectivity index (χ0) is 28.7. The molecule has 40 heavy (non-hydrogen) atoms. The van der Waals surface area contributed by atoms with E-state index in [0.29, 0.717) is 23.9 Å². The molecule has 2 aromatic carbocycles. The van der Waals surface area contributed by atoms with E-state index in [2.05, 4.69) is 45.2 Å². The smallest absolute Gasteiger partial charge is 0.245 e. The van der Waals surface area contributed by atoms with Gasteiger partial charge in [-0.25, -0.2) is 13.1 Å². The van der Waals surface area contributed by atoms with Crippen molar-refractivity contribution in [3.63, 3.8) is 0 Å². The van der Waals surface area contributed by atoms with Gasteiger partial charge < -0.3 is 24.2 Å². The second-order valence-electron chi connectivity index (χ2n) is 9.88. The summed E-state index contributed by atoms with van der Waals surface area (Å²) in [5.74, 6) is -0.00622. The molecular formula is C29H37N5O5S. The first-order chi connectivity index (χ1) is 19.3. The lowest BCUT2D eigenvalue weighted by molar-refractivity contribution is 0.0846. The van der Waals surface area contributed by atoms with Gasteiger partial charge in [-0.3, -0.25) is 0 Å². The van der Waals surface area contributed by atoms with Gasteiger partial charge in [0.25, 0.3) is 0 Å². The molecule has 1 aliphatic heterocycles. The second kappa shape index (κ2) is 13.3. The summed E-state index contributed by atoms with van der Waals surface area (Å²) >= 11 is 0. The molecule has 0 aliphatic carbocycles. The van der Waals surface area contributed by atoms with E-state index in [1.807, 2.05) is 18.2 Å². The molecule has 2 N–H and O–H groups in total. The quantitative estimate of drug-likeness (QED) is 0.322. The predicted octanol–water partition coefficient (Wildman–Crippen LogP) is 4.62. The third-order valence-corrected chi connectivity index (χ3v) is 8.86. The third kappa shape index (κ3) is 6.82. The lowest BCUT2D eigenvalue weighted by atomic mass is 9.97. The number of nitrogens with one attached hydrogen (secondary N) is 2. The highest BCUT2D eigenvalue weighted by atomic mass is 32.2. The van der Waals surface area contributed by atoms with Gasteiger partial charge in [-0.15, -0.1) is 0 Å². The fraction of sp³-hybridized carbons (Fsp3) is 0.448. The van der Waals surface area contributed by atoms with Crippen LogP contribution in [0.3, 0.4) is 0 Å². The number of aromatic nitrogens is 1. The fourth-order valence-corrected chi connectivity index (χ4v) is 6.59. The van der Waals surface area contributed by atoms with Gasteiger partial charge in [0, 0.05) is 51.1 Å². The van der Waals surface area contributed by atoms with Crippen molar-refractivity contribution in [2.24, 2.45) is 0 Å². The van der Waals surface area contributed by atoms with Crippen molar-refractivity contribution in [2.75, 3.05) is 50.2 Å². The van der Waals surface area contributed by atoms with Crippen molar-refractivity contribution < 1.29 is 22.4 Å². The number of nitrogens with zero attached hydrogens (tertiary/aromatic N) is 3. The van der Waals surface area contributed by atoms with Crippen LogP contribution in [0.4, 0.5) is 17.1 Å². The molecule has 1 aliphatic rings. The number of hydrogen-bond donors (Lipinski definition) is 2. The standard InChI is InChI=1S/C29H37N5O5S/c1-5-34(26-12-14-38-15-13-26)28-11-8-23(16-27(28)32-25-9-6-22(17-30)7-10-25)24(19-37-4)18-31-40(35,36)29-20(2)33-39-21(29)3/h6-11,16,24,26,31-32H,5,12-15,18-19H2,1-4H3. The van der Waals surface area contributed by atoms with Crippen LogP contribution in [0.25, 0.3) is 0 Å². The Morgan fingerprint density at radius 3 is 2.50 bits per heavy atom. The monoisotopic (exact) mass is 567 g/mol. The number of sulfonamides is 1. The molecule has 4 rings (SSSR count). The molecule has 0 spiro atoms. The van der Waals surface area contributed by atoms with Gasteiger partial charge >= 0.3 is 0 Å². The molecule has 10 nitrogen and oxygen atoms in total. The highest BCUT2D eigenvalue weighted by molar-refractivity contribution is 7.89. The van der Waals surface area contributed by atoms with Crippen molar-refractivity contribution >= 4 is 27.1 Å². The summed E-state index contributed by atoms with van der Waals surface area (Å²) in [4.78, 5) is 2.46. The molecule has 11 heteroatoms. The highest BCUT2D eigenvalue weighted by Crippen LogP contribution is 2.35. The van der Waals surface area contributed by atoms with Gasteiger partial charge in [-0.05, 0) is 75.6 Å². The topological polar surface area (TPSA) is 130 Å². The van der Waals surface area contributed by atoms with E-state index >= 15 is 0 Å². The van der Waals surface area contributed by atoms with Crippen LogP contribution >= 0.6 is 0 Å². The first-order valence-electron chi connectivity index (χ1n) is 13.4. The molecule has 2 heterocycles. The van der Waals surface area contributed by atoms with Crippen LogP contribution in [-0.4, -0.2) is 59.6 Å². The van der Waals surface area contributed by atoms with E-state index in [9.17, 15) is 13.7 Å². The minimum absolute atomic E-state index is 0.0669. The lowest BCUT2D eigenvalue weighted by Gasteiger charge is -2.37. The van der Waals surface area contributed by atoms with Gasteiger partial charge in [0.2, 0.25) is 10.0 Å². The fourth-order valence-electron chi connectivity index (χ4n) is 5.18. The summed E-state index contributed by atoms with van der Waals surface area (Å²) in [6.45, 7) is 8.08. The SMILES string of the molecule is CCN(c1ccc(C(CNS(=O)(=O)c2c(C)noc2C)COC)cc1Nc1ccc(C#N)cc1)C1CCOCC1. The van der Waals surface area contributed by atoms with Gasteiger partial charge in [0.05, 0.1) is 29.6 Å². The maximum absolute atomic E-state index is 13.1.